The second-order valence-electron chi connectivity index (χ2n) is 6.76. The van der Waals surface area contributed by atoms with Gasteiger partial charge >= 0.3 is 13.1 Å². The van der Waals surface area contributed by atoms with Crippen molar-refractivity contribution < 1.29 is 18.8 Å². The zero-order valence-electron chi connectivity index (χ0n) is 14.4. The lowest BCUT2D eigenvalue weighted by Crippen LogP contribution is -2.41. The summed E-state index contributed by atoms with van der Waals surface area (Å²) >= 11 is 2.28. The minimum absolute atomic E-state index is 0.191. The molecule has 0 spiro atoms. The van der Waals surface area contributed by atoms with Gasteiger partial charge in [0, 0.05) is 9.39 Å². The van der Waals surface area contributed by atoms with Crippen LogP contribution in [0.2, 0.25) is 0 Å². The van der Waals surface area contributed by atoms with Crippen molar-refractivity contribution in [2.24, 2.45) is 0 Å². The molecule has 1 aliphatic heterocycles. The van der Waals surface area contributed by atoms with E-state index in [1.165, 1.54) is 0 Å². The van der Waals surface area contributed by atoms with Gasteiger partial charge in [0.15, 0.2) is 0 Å². The van der Waals surface area contributed by atoms with Crippen LogP contribution in [0.25, 0.3) is 0 Å². The van der Waals surface area contributed by atoms with Crippen LogP contribution in [0.15, 0.2) is 24.3 Å². The first kappa shape index (κ1) is 18.7. The van der Waals surface area contributed by atoms with E-state index in [1.807, 2.05) is 58.9 Å². The van der Waals surface area contributed by atoms with Crippen molar-refractivity contribution >= 4 is 35.7 Å². The van der Waals surface area contributed by atoms with Crippen molar-refractivity contribution in [1.29, 1.82) is 0 Å². The number of carbonyl (C=O) groups is 1. The Labute approximate surface area is 152 Å². The van der Waals surface area contributed by atoms with Gasteiger partial charge in [-0.2, -0.15) is 0 Å². The number of halogens is 1. The molecule has 1 atom stereocenters. The second kappa shape index (κ2) is 7.11. The van der Waals surface area contributed by atoms with Gasteiger partial charge in [0.1, 0.15) is 0 Å². The van der Waals surface area contributed by atoms with E-state index in [2.05, 4.69) is 22.6 Å². The van der Waals surface area contributed by atoms with Gasteiger partial charge in [-0.15, -0.1) is 0 Å². The Morgan fingerprint density at radius 3 is 2.30 bits per heavy atom. The van der Waals surface area contributed by atoms with Crippen molar-refractivity contribution in [2.75, 3.05) is 6.61 Å². The van der Waals surface area contributed by atoms with Crippen molar-refractivity contribution in [1.82, 2.24) is 0 Å². The highest BCUT2D eigenvalue weighted by Gasteiger charge is 2.54. The van der Waals surface area contributed by atoms with Gasteiger partial charge < -0.3 is 14.0 Å². The van der Waals surface area contributed by atoms with E-state index in [0.29, 0.717) is 6.61 Å². The highest BCUT2D eigenvalue weighted by Crippen LogP contribution is 2.42. The van der Waals surface area contributed by atoms with E-state index in [-0.39, 0.29) is 18.2 Å². The standard InChI is InChI=1S/C17H24BIO4/c1-6-21-15(20)11-13(12-9-7-8-10-14(12)19)18-22-16(2,3)17(4,5)23-18/h7-10,13H,6,11H2,1-5H3. The molecule has 1 saturated heterocycles. The summed E-state index contributed by atoms with van der Waals surface area (Å²) in [4.78, 5) is 12.1. The van der Waals surface area contributed by atoms with Crippen LogP contribution in [-0.4, -0.2) is 30.9 Å². The summed E-state index contributed by atoms with van der Waals surface area (Å²) in [6.07, 6.45) is 0.241. The molecular formula is C17H24BIO4. The number of hydrogen-bond acceptors (Lipinski definition) is 4. The highest BCUT2D eigenvalue weighted by atomic mass is 127. The molecule has 126 valence electrons. The van der Waals surface area contributed by atoms with Gasteiger partial charge in [-0.1, -0.05) is 18.2 Å². The Balaban J connectivity index is 2.32. The van der Waals surface area contributed by atoms with Gasteiger partial charge in [0.05, 0.1) is 24.2 Å². The Hall–Kier alpha value is -0.595. The summed E-state index contributed by atoms with van der Waals surface area (Å²) in [5, 5.41) is 0. The summed E-state index contributed by atoms with van der Waals surface area (Å²) in [5.41, 5.74) is 0.204. The van der Waals surface area contributed by atoms with Crippen LogP contribution in [0.5, 0.6) is 0 Å². The molecule has 2 rings (SSSR count). The fourth-order valence-electron chi connectivity index (χ4n) is 2.58. The number of carbonyl (C=O) groups excluding carboxylic acids is 1. The third kappa shape index (κ3) is 4.09. The van der Waals surface area contributed by atoms with Crippen LogP contribution in [0.4, 0.5) is 0 Å². The first-order valence-corrected chi connectivity index (χ1v) is 9.01. The number of ether oxygens (including phenoxy) is 1. The van der Waals surface area contributed by atoms with Crippen LogP contribution in [0.1, 0.15) is 52.4 Å². The third-order valence-corrected chi connectivity index (χ3v) is 5.58. The van der Waals surface area contributed by atoms with Crippen molar-refractivity contribution in [2.45, 2.75) is 58.1 Å². The van der Waals surface area contributed by atoms with Crippen LogP contribution < -0.4 is 0 Å². The quantitative estimate of drug-likeness (QED) is 0.403. The lowest BCUT2D eigenvalue weighted by atomic mass is 9.66. The molecule has 0 saturated carbocycles. The Morgan fingerprint density at radius 2 is 1.78 bits per heavy atom. The largest absolute Gasteiger partial charge is 0.466 e. The fourth-order valence-corrected chi connectivity index (χ4v) is 3.37. The molecule has 1 aromatic carbocycles. The summed E-state index contributed by atoms with van der Waals surface area (Å²) in [6, 6.07) is 8.01. The number of rotatable bonds is 5. The zero-order chi connectivity index (χ0) is 17.3. The molecule has 6 heteroatoms. The lowest BCUT2D eigenvalue weighted by molar-refractivity contribution is -0.143. The summed E-state index contributed by atoms with van der Waals surface area (Å²) in [5.74, 6) is -0.421. The van der Waals surface area contributed by atoms with E-state index in [4.69, 9.17) is 14.0 Å². The zero-order valence-corrected chi connectivity index (χ0v) is 16.5. The highest BCUT2D eigenvalue weighted by molar-refractivity contribution is 14.1. The lowest BCUT2D eigenvalue weighted by Gasteiger charge is -2.32. The maximum absolute atomic E-state index is 12.1. The Bertz CT molecular complexity index is 557. The normalized spacial score (nSPS) is 20.3. The van der Waals surface area contributed by atoms with Gasteiger partial charge in [-0.3, -0.25) is 4.79 Å². The molecule has 0 aliphatic carbocycles. The summed E-state index contributed by atoms with van der Waals surface area (Å²) in [6.45, 7) is 10.3. The third-order valence-electron chi connectivity index (χ3n) is 4.60. The predicted molar refractivity (Wildman–Crippen MR) is 99.2 cm³/mol. The van der Waals surface area contributed by atoms with E-state index >= 15 is 0 Å². The molecule has 0 radical (unpaired) electrons. The van der Waals surface area contributed by atoms with E-state index < -0.39 is 18.3 Å². The SMILES string of the molecule is CCOC(=O)CC(B1OC(C)(C)C(C)(C)O1)c1ccccc1I. The average Bonchev–Trinajstić information content (AvgIpc) is 2.66. The Morgan fingerprint density at radius 1 is 1.22 bits per heavy atom. The molecule has 0 aromatic heterocycles. The average molecular weight is 430 g/mol. The molecule has 1 unspecified atom stereocenters. The maximum atomic E-state index is 12.1. The van der Waals surface area contributed by atoms with Crippen LogP contribution in [0.3, 0.4) is 0 Å². The number of esters is 1. The maximum Gasteiger partial charge on any atom is 0.466 e. The van der Waals surface area contributed by atoms with Crippen molar-refractivity contribution in [3.63, 3.8) is 0 Å². The summed E-state index contributed by atoms with van der Waals surface area (Å²) < 4.78 is 18.6. The Kier molecular flexibility index (Phi) is 5.79. The van der Waals surface area contributed by atoms with Crippen molar-refractivity contribution in [3.05, 3.63) is 33.4 Å². The molecule has 1 heterocycles. The van der Waals surface area contributed by atoms with Gasteiger partial charge in [-0.05, 0) is 68.8 Å². The molecule has 1 aliphatic rings. The molecule has 0 amide bonds. The van der Waals surface area contributed by atoms with E-state index in [9.17, 15) is 4.79 Å². The van der Waals surface area contributed by atoms with Gasteiger partial charge in [-0.25, -0.2) is 0 Å². The number of benzene rings is 1. The van der Waals surface area contributed by atoms with Crippen molar-refractivity contribution in [3.8, 4) is 0 Å². The first-order valence-electron chi connectivity index (χ1n) is 7.93. The minimum Gasteiger partial charge on any atom is -0.466 e. The molecule has 0 bridgehead atoms. The first-order chi connectivity index (χ1) is 10.7. The molecule has 4 nitrogen and oxygen atoms in total. The van der Waals surface area contributed by atoms with E-state index in [1.54, 1.807) is 0 Å². The minimum atomic E-state index is -0.472. The van der Waals surface area contributed by atoms with Gasteiger partial charge in [0.2, 0.25) is 0 Å². The molecule has 0 N–H and O–H groups in total. The van der Waals surface area contributed by atoms with E-state index in [0.717, 1.165) is 9.13 Å². The molecule has 1 aromatic rings. The predicted octanol–water partition coefficient (Wildman–Crippen LogP) is 3.96. The molecule has 1 fully saturated rings. The van der Waals surface area contributed by atoms with Crippen LogP contribution >= 0.6 is 22.6 Å². The smallest absolute Gasteiger partial charge is 0.466 e. The molecule has 23 heavy (non-hydrogen) atoms. The van der Waals surface area contributed by atoms with Crippen LogP contribution in [0, 0.1) is 3.57 Å². The van der Waals surface area contributed by atoms with Gasteiger partial charge in [0.25, 0.3) is 0 Å². The summed E-state index contributed by atoms with van der Waals surface area (Å²) in [7, 11) is -0.472. The number of hydrogen-bond donors (Lipinski definition) is 0. The van der Waals surface area contributed by atoms with Crippen LogP contribution in [-0.2, 0) is 18.8 Å². The fraction of sp³-hybridized carbons (Fsp3) is 0.588. The molecular weight excluding hydrogens is 406 g/mol. The monoisotopic (exact) mass is 430 g/mol. The topological polar surface area (TPSA) is 44.8 Å². The second-order valence-corrected chi connectivity index (χ2v) is 7.92.